The maximum Gasteiger partial charge on any atom is 0.101 e. The van der Waals surface area contributed by atoms with Crippen molar-refractivity contribution in [2.24, 2.45) is 0 Å². The number of benzene rings is 6. The van der Waals surface area contributed by atoms with E-state index in [4.69, 9.17) is 0 Å². The zero-order valence-corrected chi connectivity index (χ0v) is 26.9. The van der Waals surface area contributed by atoms with Crippen molar-refractivity contribution < 1.29 is 0 Å². The van der Waals surface area contributed by atoms with Crippen LogP contribution in [-0.4, -0.2) is 10.6 Å². The molecule has 4 nitrogen and oxygen atoms in total. The van der Waals surface area contributed by atoms with Crippen molar-refractivity contribution in [2.75, 3.05) is 4.90 Å². The van der Waals surface area contributed by atoms with Crippen molar-refractivity contribution in [1.29, 1.82) is 10.5 Å². The third-order valence-corrected chi connectivity index (χ3v) is 10.3. The lowest BCUT2D eigenvalue weighted by Gasteiger charge is -2.35. The van der Waals surface area contributed by atoms with Crippen LogP contribution in [0.1, 0.15) is 23.6 Å². The summed E-state index contributed by atoms with van der Waals surface area (Å²) in [4.78, 5) is 2.32. The van der Waals surface area contributed by atoms with Gasteiger partial charge in [-0.3, -0.25) is 0 Å². The monoisotopic (exact) mass is 626 g/mol. The number of fused-ring (bicyclic) bond motifs is 6. The van der Waals surface area contributed by atoms with Crippen LogP contribution >= 0.6 is 0 Å². The standard InChI is InChI=1S/C45H30N4/c1-45-26-9-8-19-43(45)48(42-18-7-4-15-38(42)45)39-25-24-32(27-34(39)29-47)30-20-22-31(23-21-30)35-12-2-5-16-40(35)49-41-17-6-3-13-36(41)37-14-10-11-33(28-46)44(37)49/h2-27,43H,1H3. The molecular weight excluding hydrogens is 597 g/mol. The Morgan fingerprint density at radius 2 is 1.29 bits per heavy atom. The van der Waals surface area contributed by atoms with E-state index in [2.05, 4.69) is 156 Å². The Morgan fingerprint density at radius 3 is 2.12 bits per heavy atom. The Kier molecular flexibility index (Phi) is 6.41. The number of hydrogen-bond acceptors (Lipinski definition) is 3. The van der Waals surface area contributed by atoms with Gasteiger partial charge in [0.25, 0.3) is 0 Å². The maximum absolute atomic E-state index is 10.4. The van der Waals surface area contributed by atoms with E-state index < -0.39 is 0 Å². The van der Waals surface area contributed by atoms with Crippen LogP contribution < -0.4 is 4.90 Å². The van der Waals surface area contributed by atoms with Gasteiger partial charge < -0.3 is 9.47 Å². The molecule has 1 aliphatic carbocycles. The molecule has 1 aromatic heterocycles. The summed E-state index contributed by atoms with van der Waals surface area (Å²) in [5.74, 6) is 0. The smallest absolute Gasteiger partial charge is 0.101 e. The van der Waals surface area contributed by atoms with Gasteiger partial charge in [-0.2, -0.15) is 10.5 Å². The molecule has 1 aliphatic heterocycles. The molecule has 230 valence electrons. The molecule has 0 N–H and O–H groups in total. The third kappa shape index (κ3) is 4.22. The summed E-state index contributed by atoms with van der Waals surface area (Å²) in [6.45, 7) is 2.28. The second kappa shape index (κ2) is 11.0. The second-order valence-electron chi connectivity index (χ2n) is 13.0. The van der Waals surface area contributed by atoms with Crippen molar-refractivity contribution >= 4 is 33.2 Å². The second-order valence-corrected chi connectivity index (χ2v) is 13.0. The molecule has 0 spiro atoms. The molecule has 2 aliphatic rings. The first-order valence-electron chi connectivity index (χ1n) is 16.5. The molecule has 0 saturated carbocycles. The van der Waals surface area contributed by atoms with Gasteiger partial charge in [-0.1, -0.05) is 121 Å². The Balaban J connectivity index is 1.11. The summed E-state index contributed by atoms with van der Waals surface area (Å²) in [7, 11) is 0. The Labute approximate surface area is 285 Å². The van der Waals surface area contributed by atoms with E-state index in [1.54, 1.807) is 0 Å². The van der Waals surface area contributed by atoms with E-state index in [1.807, 2.05) is 30.3 Å². The molecule has 2 unspecified atom stereocenters. The number of hydrogen-bond donors (Lipinski definition) is 0. The van der Waals surface area contributed by atoms with Gasteiger partial charge in [-0.25, -0.2) is 0 Å². The molecule has 6 aromatic carbocycles. The highest BCUT2D eigenvalue weighted by atomic mass is 15.2. The Hall–Kier alpha value is -6.62. The SMILES string of the molecule is CC12C=CC=CC1N(c1ccc(-c3ccc(-c4ccccc4-n4c5ccccc5c5cccc(C#N)c54)cc3)cc1C#N)c1ccccc12. The predicted molar refractivity (Wildman–Crippen MR) is 199 cm³/mol. The maximum atomic E-state index is 10.4. The number of nitrogens with zero attached hydrogens (tertiary/aromatic N) is 4. The lowest BCUT2D eigenvalue weighted by molar-refractivity contribution is 0.550. The minimum absolute atomic E-state index is 0.0889. The number of para-hydroxylation sites is 4. The summed E-state index contributed by atoms with van der Waals surface area (Å²) in [6.07, 6.45) is 8.75. The van der Waals surface area contributed by atoms with Gasteiger partial charge in [-0.05, 0) is 65.6 Å². The molecule has 0 amide bonds. The van der Waals surface area contributed by atoms with E-state index in [-0.39, 0.29) is 11.5 Å². The highest BCUT2D eigenvalue weighted by Gasteiger charge is 2.46. The van der Waals surface area contributed by atoms with E-state index in [1.165, 1.54) is 5.56 Å². The highest BCUT2D eigenvalue weighted by molar-refractivity contribution is 6.11. The number of allylic oxidation sites excluding steroid dienone is 2. The summed E-state index contributed by atoms with van der Waals surface area (Å²) in [5, 5.41) is 22.7. The van der Waals surface area contributed by atoms with Crippen LogP contribution in [-0.2, 0) is 5.41 Å². The molecule has 9 rings (SSSR count). The summed E-state index contributed by atoms with van der Waals surface area (Å²) in [5.41, 5.74) is 11.6. The molecular formula is C45H30N4. The lowest BCUT2D eigenvalue weighted by atomic mass is 9.76. The molecule has 2 heterocycles. The van der Waals surface area contributed by atoms with E-state index >= 15 is 0 Å². The van der Waals surface area contributed by atoms with Crippen LogP contribution in [0.4, 0.5) is 11.4 Å². The lowest BCUT2D eigenvalue weighted by Crippen LogP contribution is -2.39. The van der Waals surface area contributed by atoms with Crippen LogP contribution in [0.25, 0.3) is 49.7 Å². The third-order valence-electron chi connectivity index (χ3n) is 10.3. The molecule has 4 heteroatoms. The number of aromatic nitrogens is 1. The average molecular weight is 627 g/mol. The minimum atomic E-state index is -0.168. The fourth-order valence-electron chi connectivity index (χ4n) is 8.02. The first-order chi connectivity index (χ1) is 24.1. The number of nitriles is 2. The van der Waals surface area contributed by atoms with Crippen molar-refractivity contribution in [3.8, 4) is 40.1 Å². The summed E-state index contributed by atoms with van der Waals surface area (Å²) in [6, 6.07) is 51.0. The van der Waals surface area contributed by atoms with Crippen molar-refractivity contribution in [3.63, 3.8) is 0 Å². The van der Waals surface area contributed by atoms with Crippen LogP contribution in [0.3, 0.4) is 0 Å². The van der Waals surface area contributed by atoms with Crippen LogP contribution in [0.5, 0.6) is 0 Å². The van der Waals surface area contributed by atoms with Crippen molar-refractivity contribution in [1.82, 2.24) is 4.57 Å². The van der Waals surface area contributed by atoms with Gasteiger partial charge in [-0.15, -0.1) is 0 Å². The largest absolute Gasteiger partial charge is 0.332 e. The van der Waals surface area contributed by atoms with Crippen LogP contribution in [0.2, 0.25) is 0 Å². The predicted octanol–water partition coefficient (Wildman–Crippen LogP) is 10.8. The topological polar surface area (TPSA) is 55.8 Å². The highest BCUT2D eigenvalue weighted by Crippen LogP contribution is 2.52. The van der Waals surface area contributed by atoms with Gasteiger partial charge >= 0.3 is 0 Å². The Morgan fingerprint density at radius 1 is 0.592 bits per heavy atom. The molecule has 0 bridgehead atoms. The molecule has 0 saturated heterocycles. The van der Waals surface area contributed by atoms with Gasteiger partial charge in [0, 0.05) is 27.4 Å². The molecule has 0 fully saturated rings. The van der Waals surface area contributed by atoms with Gasteiger partial charge in [0.15, 0.2) is 0 Å². The number of anilines is 2. The van der Waals surface area contributed by atoms with Crippen molar-refractivity contribution in [3.05, 3.63) is 174 Å². The fourth-order valence-corrected chi connectivity index (χ4v) is 8.02. The van der Waals surface area contributed by atoms with Gasteiger partial charge in [0.1, 0.15) is 12.1 Å². The fraction of sp³-hybridized carbons (Fsp3) is 0.0667. The van der Waals surface area contributed by atoms with Crippen LogP contribution in [0.15, 0.2) is 158 Å². The van der Waals surface area contributed by atoms with Crippen molar-refractivity contribution in [2.45, 2.75) is 18.4 Å². The van der Waals surface area contributed by atoms with Gasteiger partial charge in [0.2, 0.25) is 0 Å². The Bertz CT molecular complexity index is 2610. The zero-order valence-electron chi connectivity index (χ0n) is 26.9. The molecule has 49 heavy (non-hydrogen) atoms. The molecule has 0 radical (unpaired) electrons. The van der Waals surface area contributed by atoms with E-state index in [0.717, 1.165) is 61.1 Å². The summed E-state index contributed by atoms with van der Waals surface area (Å²) < 4.78 is 2.23. The first-order valence-corrected chi connectivity index (χ1v) is 16.5. The zero-order chi connectivity index (χ0) is 33.1. The average Bonchev–Trinajstić information content (AvgIpc) is 3.64. The first kappa shape index (κ1) is 28.6. The van der Waals surface area contributed by atoms with E-state index in [9.17, 15) is 10.5 Å². The quantitative estimate of drug-likeness (QED) is 0.195. The minimum Gasteiger partial charge on any atom is -0.332 e. The summed E-state index contributed by atoms with van der Waals surface area (Å²) >= 11 is 0. The number of rotatable bonds is 4. The van der Waals surface area contributed by atoms with Gasteiger partial charge in [0.05, 0.1) is 39.6 Å². The van der Waals surface area contributed by atoms with Crippen LogP contribution in [0, 0.1) is 22.7 Å². The van der Waals surface area contributed by atoms with E-state index in [0.29, 0.717) is 11.1 Å². The molecule has 2 atom stereocenters. The normalized spacial score (nSPS) is 17.5. The molecule has 7 aromatic rings.